The van der Waals surface area contributed by atoms with Gasteiger partial charge in [0.05, 0.1) is 11.1 Å². The van der Waals surface area contributed by atoms with Gasteiger partial charge in [0, 0.05) is 30.9 Å². The Hall–Kier alpha value is -2.36. The molecule has 1 amide bonds. The molecule has 1 aromatic carbocycles. The Morgan fingerprint density at radius 3 is 2.82 bits per heavy atom. The molecule has 0 radical (unpaired) electrons. The number of carbonyl (C=O) groups is 2. The number of likely N-dealkylation sites (tertiary alicyclic amines) is 1. The summed E-state index contributed by atoms with van der Waals surface area (Å²) in [6.45, 7) is 5.70. The fourth-order valence-corrected chi connectivity index (χ4v) is 4.90. The highest BCUT2D eigenvalue weighted by atomic mass is 16.2. The Morgan fingerprint density at radius 1 is 1.18 bits per heavy atom. The van der Waals surface area contributed by atoms with Gasteiger partial charge in [-0.2, -0.15) is 0 Å². The van der Waals surface area contributed by atoms with Crippen LogP contribution in [0.4, 0.5) is 0 Å². The third-order valence-electron chi connectivity index (χ3n) is 6.48. The average molecular weight is 379 g/mol. The van der Waals surface area contributed by atoms with Gasteiger partial charge in [0.25, 0.3) is 5.91 Å². The molecule has 4 nitrogen and oxygen atoms in total. The lowest BCUT2D eigenvalue weighted by molar-refractivity contribution is 0.0663. The highest BCUT2D eigenvalue weighted by molar-refractivity contribution is 6.10. The van der Waals surface area contributed by atoms with Crippen LogP contribution >= 0.6 is 0 Å². The number of benzene rings is 1. The number of nitrogens with zero attached hydrogens (tertiary/aromatic N) is 1. The van der Waals surface area contributed by atoms with Crippen LogP contribution in [0.15, 0.2) is 24.3 Å². The van der Waals surface area contributed by atoms with E-state index in [9.17, 15) is 9.59 Å². The maximum absolute atomic E-state index is 13.3. The molecular weight excluding hydrogens is 348 g/mol. The third-order valence-corrected chi connectivity index (χ3v) is 6.48. The number of fused-ring (bicyclic) bond motifs is 1. The van der Waals surface area contributed by atoms with Crippen LogP contribution in [0, 0.1) is 19.8 Å². The first kappa shape index (κ1) is 19.0. The minimum atomic E-state index is 0.0471. The lowest BCUT2D eigenvalue weighted by Gasteiger charge is -2.33. The summed E-state index contributed by atoms with van der Waals surface area (Å²) in [5.74, 6) is 0.705. The summed E-state index contributed by atoms with van der Waals surface area (Å²) in [7, 11) is 0. The minimum Gasteiger partial charge on any atom is -0.361 e. The number of aromatic amines is 1. The van der Waals surface area contributed by atoms with Crippen LogP contribution in [0.3, 0.4) is 0 Å². The Labute approximate surface area is 167 Å². The van der Waals surface area contributed by atoms with Crippen molar-refractivity contribution >= 4 is 11.7 Å². The van der Waals surface area contributed by atoms with Crippen molar-refractivity contribution in [3.05, 3.63) is 57.9 Å². The Balaban J connectivity index is 1.46. The van der Waals surface area contributed by atoms with Gasteiger partial charge in [0.2, 0.25) is 0 Å². The molecule has 1 aliphatic heterocycles. The summed E-state index contributed by atoms with van der Waals surface area (Å²) >= 11 is 0. The third kappa shape index (κ3) is 3.65. The van der Waals surface area contributed by atoms with E-state index in [0.29, 0.717) is 23.5 Å². The highest BCUT2D eigenvalue weighted by Crippen LogP contribution is 2.30. The number of hydrogen-bond donors (Lipinski definition) is 1. The van der Waals surface area contributed by atoms with Gasteiger partial charge in [-0.05, 0) is 69.4 Å². The summed E-state index contributed by atoms with van der Waals surface area (Å²) in [4.78, 5) is 31.1. The first-order valence-electron chi connectivity index (χ1n) is 10.6. The summed E-state index contributed by atoms with van der Waals surface area (Å²) in [5.41, 5.74) is 5.89. The standard InChI is InChI=1S/C24H30N2O2/c1-16-7-3-4-9-19(16)13-12-18-8-6-14-26(15-18)24(28)22-17(2)25-20-10-5-11-21(27)23(20)22/h3-4,7,9,18,25H,5-6,8,10-15H2,1-2H3. The molecule has 2 aromatic rings. The smallest absolute Gasteiger partial charge is 0.256 e. The Kier molecular flexibility index (Phi) is 5.38. The summed E-state index contributed by atoms with van der Waals surface area (Å²) in [6.07, 6.45) is 6.71. The SMILES string of the molecule is Cc1ccccc1CCC1CCCN(C(=O)c2c(C)[nH]c3c2C(=O)CCC3)C1. The number of rotatable bonds is 4. The van der Waals surface area contributed by atoms with Gasteiger partial charge in [0.1, 0.15) is 0 Å². The van der Waals surface area contributed by atoms with Gasteiger partial charge in [0.15, 0.2) is 5.78 Å². The summed E-state index contributed by atoms with van der Waals surface area (Å²) in [6, 6.07) is 8.57. The molecule has 2 aliphatic rings. The molecule has 1 N–H and O–H groups in total. The molecule has 1 fully saturated rings. The summed E-state index contributed by atoms with van der Waals surface area (Å²) < 4.78 is 0. The van der Waals surface area contributed by atoms with E-state index in [-0.39, 0.29) is 11.7 Å². The van der Waals surface area contributed by atoms with Gasteiger partial charge >= 0.3 is 0 Å². The van der Waals surface area contributed by atoms with Crippen LogP contribution in [0.5, 0.6) is 0 Å². The van der Waals surface area contributed by atoms with Gasteiger partial charge in [-0.3, -0.25) is 9.59 Å². The van der Waals surface area contributed by atoms with Gasteiger partial charge in [-0.1, -0.05) is 24.3 Å². The van der Waals surface area contributed by atoms with Crippen LogP contribution < -0.4 is 0 Å². The zero-order valence-electron chi connectivity index (χ0n) is 17.0. The molecule has 28 heavy (non-hydrogen) atoms. The number of nitrogens with one attached hydrogen (secondary N) is 1. The largest absolute Gasteiger partial charge is 0.361 e. The molecule has 1 unspecified atom stereocenters. The van der Waals surface area contributed by atoms with Crippen molar-refractivity contribution in [2.24, 2.45) is 5.92 Å². The predicted octanol–water partition coefficient (Wildman–Crippen LogP) is 4.64. The second-order valence-electron chi connectivity index (χ2n) is 8.48. The number of ketones is 1. The van der Waals surface area contributed by atoms with Gasteiger partial charge < -0.3 is 9.88 Å². The number of amides is 1. The highest BCUT2D eigenvalue weighted by Gasteiger charge is 2.32. The molecule has 1 atom stereocenters. The minimum absolute atomic E-state index is 0.0471. The molecule has 4 heteroatoms. The number of carbonyl (C=O) groups excluding carboxylic acids is 2. The molecule has 0 spiro atoms. The lowest BCUT2D eigenvalue weighted by Crippen LogP contribution is -2.40. The van der Waals surface area contributed by atoms with Crippen LogP contribution in [-0.4, -0.2) is 34.7 Å². The number of aryl methyl sites for hydroxylation is 4. The fourth-order valence-electron chi connectivity index (χ4n) is 4.90. The Morgan fingerprint density at radius 2 is 2.00 bits per heavy atom. The van der Waals surface area contributed by atoms with Crippen molar-refractivity contribution in [1.29, 1.82) is 0 Å². The maximum Gasteiger partial charge on any atom is 0.256 e. The average Bonchev–Trinajstić information content (AvgIpc) is 3.04. The first-order valence-corrected chi connectivity index (χ1v) is 10.6. The quantitative estimate of drug-likeness (QED) is 0.843. The molecule has 1 aromatic heterocycles. The van der Waals surface area contributed by atoms with Crippen molar-refractivity contribution in [2.45, 2.75) is 58.8 Å². The number of hydrogen-bond acceptors (Lipinski definition) is 2. The van der Waals surface area contributed by atoms with E-state index in [2.05, 4.69) is 36.2 Å². The molecule has 0 bridgehead atoms. The number of H-pyrrole nitrogens is 1. The summed E-state index contributed by atoms with van der Waals surface area (Å²) in [5, 5.41) is 0. The van der Waals surface area contributed by atoms with Crippen LogP contribution in [0.1, 0.15) is 75.3 Å². The monoisotopic (exact) mass is 378 g/mol. The number of piperidine rings is 1. The topological polar surface area (TPSA) is 53.2 Å². The molecule has 1 aliphatic carbocycles. The number of Topliss-reactive ketones (excluding diaryl/α,β-unsaturated/α-hetero) is 1. The molecule has 0 saturated carbocycles. The molecular formula is C24H30N2O2. The van der Waals surface area contributed by atoms with Crippen LogP contribution in [0.2, 0.25) is 0 Å². The zero-order chi connectivity index (χ0) is 19.7. The second-order valence-corrected chi connectivity index (χ2v) is 8.48. The second kappa shape index (κ2) is 7.94. The van der Waals surface area contributed by atoms with E-state index in [1.807, 2.05) is 11.8 Å². The lowest BCUT2D eigenvalue weighted by atomic mass is 9.89. The van der Waals surface area contributed by atoms with Crippen molar-refractivity contribution in [2.75, 3.05) is 13.1 Å². The van der Waals surface area contributed by atoms with Crippen LogP contribution in [-0.2, 0) is 12.8 Å². The molecule has 4 rings (SSSR count). The van der Waals surface area contributed by atoms with E-state index in [1.54, 1.807) is 0 Å². The van der Waals surface area contributed by atoms with Crippen LogP contribution in [0.25, 0.3) is 0 Å². The maximum atomic E-state index is 13.3. The zero-order valence-corrected chi connectivity index (χ0v) is 17.0. The first-order chi connectivity index (χ1) is 13.5. The van der Waals surface area contributed by atoms with E-state index >= 15 is 0 Å². The van der Waals surface area contributed by atoms with E-state index in [0.717, 1.165) is 56.6 Å². The molecule has 2 heterocycles. The predicted molar refractivity (Wildman–Crippen MR) is 111 cm³/mol. The molecule has 1 saturated heterocycles. The van der Waals surface area contributed by atoms with Crippen molar-refractivity contribution < 1.29 is 9.59 Å². The van der Waals surface area contributed by atoms with E-state index in [4.69, 9.17) is 0 Å². The van der Waals surface area contributed by atoms with E-state index in [1.165, 1.54) is 17.5 Å². The fraction of sp³-hybridized carbons (Fsp3) is 0.500. The molecule has 148 valence electrons. The van der Waals surface area contributed by atoms with Crippen molar-refractivity contribution in [3.8, 4) is 0 Å². The van der Waals surface area contributed by atoms with Gasteiger partial charge in [-0.15, -0.1) is 0 Å². The Bertz CT molecular complexity index is 896. The van der Waals surface area contributed by atoms with Crippen molar-refractivity contribution in [1.82, 2.24) is 9.88 Å². The normalized spacial score (nSPS) is 19.6. The number of aromatic nitrogens is 1. The van der Waals surface area contributed by atoms with E-state index < -0.39 is 0 Å². The van der Waals surface area contributed by atoms with Crippen molar-refractivity contribution in [3.63, 3.8) is 0 Å². The van der Waals surface area contributed by atoms with Gasteiger partial charge in [-0.25, -0.2) is 0 Å².